The number of ether oxygens (including phenoxy) is 2. The van der Waals surface area contributed by atoms with Gasteiger partial charge in [-0.1, -0.05) is 30.2 Å². The summed E-state index contributed by atoms with van der Waals surface area (Å²) in [6, 6.07) is 9.89. The SMILES string of the molecule is C#Cc1c(F)ccc2cccc(-c3nc4c5c(nc(OC[C@@]67CCCN6[C@H](COC(C)(C)C)CC7)nc5c3F)N3C[C@@H]5CC[C@@H](N5)[C@H]3CC4)c12. The van der Waals surface area contributed by atoms with Crippen LogP contribution in [0.4, 0.5) is 14.6 Å². The van der Waals surface area contributed by atoms with Crippen LogP contribution >= 0.6 is 0 Å². The number of fused-ring (bicyclic) bond motifs is 7. The minimum atomic E-state index is -0.575. The lowest BCUT2D eigenvalue weighted by Crippen LogP contribution is -2.58. The number of aromatic nitrogens is 3. The molecule has 0 aliphatic carbocycles. The van der Waals surface area contributed by atoms with Crippen LogP contribution in [-0.4, -0.2) is 81.5 Å². The van der Waals surface area contributed by atoms with Crippen LogP contribution in [0.2, 0.25) is 0 Å². The molecule has 5 aliphatic rings. The first-order valence-electron chi connectivity index (χ1n) is 18.3. The third-order valence-electron chi connectivity index (χ3n) is 11.9. The van der Waals surface area contributed by atoms with Crippen LogP contribution in [0.15, 0.2) is 30.3 Å². The molecule has 0 amide bonds. The Hall–Kier alpha value is -3.91. The molecule has 4 fully saturated rings. The second kappa shape index (κ2) is 11.8. The van der Waals surface area contributed by atoms with Crippen molar-refractivity contribution in [1.82, 2.24) is 25.2 Å². The first-order chi connectivity index (χ1) is 24.1. The number of aryl methyl sites for hydroxylation is 1. The molecule has 0 unspecified atom stereocenters. The van der Waals surface area contributed by atoms with E-state index in [4.69, 9.17) is 30.8 Å². The summed E-state index contributed by atoms with van der Waals surface area (Å²) in [4.78, 5) is 19.9. The van der Waals surface area contributed by atoms with Crippen LogP contribution in [-0.2, 0) is 11.2 Å². The van der Waals surface area contributed by atoms with Crippen molar-refractivity contribution in [2.75, 3.05) is 31.2 Å². The van der Waals surface area contributed by atoms with E-state index in [0.717, 1.165) is 69.1 Å². The number of nitrogens with one attached hydrogen (secondary N) is 1. The van der Waals surface area contributed by atoms with Crippen molar-refractivity contribution < 1.29 is 18.3 Å². The predicted octanol–water partition coefficient (Wildman–Crippen LogP) is 6.55. The van der Waals surface area contributed by atoms with Crippen LogP contribution < -0.4 is 15.0 Å². The molecule has 0 saturated carbocycles. The highest BCUT2D eigenvalue weighted by Crippen LogP contribution is 2.45. The van der Waals surface area contributed by atoms with Crippen LogP contribution in [0.25, 0.3) is 32.9 Å². The van der Waals surface area contributed by atoms with Crippen molar-refractivity contribution in [3.05, 3.63) is 53.2 Å². The first kappa shape index (κ1) is 32.0. The summed E-state index contributed by atoms with van der Waals surface area (Å²) in [7, 11) is 0. The van der Waals surface area contributed by atoms with Gasteiger partial charge in [0.2, 0.25) is 0 Å². The summed E-state index contributed by atoms with van der Waals surface area (Å²) in [6.45, 7) is 9.21. The fourth-order valence-corrected chi connectivity index (χ4v) is 9.64. The molecule has 50 heavy (non-hydrogen) atoms. The molecular formula is C40H44F2N6O2. The lowest BCUT2D eigenvalue weighted by atomic mass is 9.95. The number of hydrogen-bond acceptors (Lipinski definition) is 8. The molecule has 5 aliphatic heterocycles. The van der Waals surface area contributed by atoms with Gasteiger partial charge in [0.25, 0.3) is 0 Å². The van der Waals surface area contributed by atoms with Gasteiger partial charge >= 0.3 is 6.01 Å². The lowest BCUT2D eigenvalue weighted by Gasteiger charge is -2.41. The van der Waals surface area contributed by atoms with Gasteiger partial charge < -0.3 is 19.7 Å². The molecule has 2 bridgehead atoms. The molecule has 1 N–H and O–H groups in total. The Bertz CT molecular complexity index is 2060. The lowest BCUT2D eigenvalue weighted by molar-refractivity contribution is -0.0377. The number of anilines is 1. The Morgan fingerprint density at radius 1 is 1.04 bits per heavy atom. The number of halogens is 2. The number of hydrogen-bond donors (Lipinski definition) is 1. The molecule has 0 spiro atoms. The van der Waals surface area contributed by atoms with Crippen LogP contribution in [0.3, 0.4) is 0 Å². The predicted molar refractivity (Wildman–Crippen MR) is 190 cm³/mol. The zero-order valence-corrected chi connectivity index (χ0v) is 29.1. The van der Waals surface area contributed by atoms with E-state index in [-0.39, 0.29) is 40.0 Å². The van der Waals surface area contributed by atoms with Gasteiger partial charge in [0.15, 0.2) is 5.82 Å². The molecule has 10 heteroatoms. The fraction of sp³-hybridized carbons (Fsp3) is 0.525. The quantitative estimate of drug-likeness (QED) is 0.230. The third kappa shape index (κ3) is 5.15. The van der Waals surface area contributed by atoms with Crippen LogP contribution in [0.5, 0.6) is 6.01 Å². The van der Waals surface area contributed by atoms with Gasteiger partial charge in [-0.15, -0.1) is 6.42 Å². The number of terminal acetylenes is 1. The van der Waals surface area contributed by atoms with Crippen LogP contribution in [0, 0.1) is 24.0 Å². The van der Waals surface area contributed by atoms with Crippen molar-refractivity contribution in [3.8, 4) is 29.6 Å². The minimum Gasteiger partial charge on any atom is -0.461 e. The first-order valence-corrected chi connectivity index (χ1v) is 18.3. The summed E-state index contributed by atoms with van der Waals surface area (Å²) >= 11 is 0. The Balaban J connectivity index is 1.16. The van der Waals surface area contributed by atoms with Crippen molar-refractivity contribution in [3.63, 3.8) is 0 Å². The van der Waals surface area contributed by atoms with E-state index >= 15 is 8.78 Å². The molecule has 5 atom stereocenters. The summed E-state index contributed by atoms with van der Waals surface area (Å²) < 4.78 is 45.1. The Morgan fingerprint density at radius 3 is 2.76 bits per heavy atom. The van der Waals surface area contributed by atoms with E-state index in [2.05, 4.69) is 41.8 Å². The van der Waals surface area contributed by atoms with E-state index in [1.165, 1.54) is 6.07 Å². The molecule has 2 aromatic heterocycles. The summed E-state index contributed by atoms with van der Waals surface area (Å²) in [6.07, 6.45) is 13.7. The molecule has 260 valence electrons. The Labute approximate surface area is 292 Å². The zero-order valence-electron chi connectivity index (χ0n) is 29.1. The number of benzene rings is 2. The van der Waals surface area contributed by atoms with E-state index < -0.39 is 11.6 Å². The van der Waals surface area contributed by atoms with Gasteiger partial charge in [-0.3, -0.25) is 4.90 Å². The molecule has 4 saturated heterocycles. The number of pyridine rings is 1. The second-order valence-electron chi connectivity index (χ2n) is 16.0. The number of piperazine rings is 1. The van der Waals surface area contributed by atoms with Crippen molar-refractivity contribution >= 4 is 27.5 Å². The highest BCUT2D eigenvalue weighted by molar-refractivity contribution is 6.02. The third-order valence-corrected chi connectivity index (χ3v) is 11.9. The minimum absolute atomic E-state index is 0.0973. The number of nitrogens with zero attached hydrogens (tertiary/aromatic N) is 5. The van der Waals surface area contributed by atoms with Gasteiger partial charge in [0.05, 0.1) is 34.4 Å². The molecule has 2 aromatic carbocycles. The zero-order chi connectivity index (χ0) is 34.4. The van der Waals surface area contributed by atoms with Crippen molar-refractivity contribution in [2.45, 2.75) is 107 Å². The highest BCUT2D eigenvalue weighted by atomic mass is 19.1. The largest absolute Gasteiger partial charge is 0.461 e. The molecule has 9 rings (SSSR count). The van der Waals surface area contributed by atoms with E-state index in [1.54, 1.807) is 12.1 Å². The monoisotopic (exact) mass is 678 g/mol. The average molecular weight is 679 g/mol. The average Bonchev–Trinajstić information content (AvgIpc) is 3.76. The maximum Gasteiger partial charge on any atom is 0.319 e. The standard InChI is InChI=1S/C40H44F2N6O2/c1-5-26-28(41)12-10-23-8-6-9-27(32(23)26)35-34(42)36-33-30(44-35)14-15-31-29-13-11-24(43-29)20-47(31)37(33)46-38(45-36)49-22-40-17-7-19-48(40)25(16-18-40)21-50-39(2,3)4/h1,6,8-10,12,24-25,29,31,43H,7,11,13-22H2,2-4H3/t24-,25-,29+,31+,40-/m0/s1. The van der Waals surface area contributed by atoms with E-state index in [0.29, 0.717) is 59.9 Å². The van der Waals surface area contributed by atoms with Crippen LogP contribution in [0.1, 0.15) is 77.0 Å². The Morgan fingerprint density at radius 2 is 1.92 bits per heavy atom. The summed E-state index contributed by atoms with van der Waals surface area (Å²) in [5, 5.41) is 5.64. The van der Waals surface area contributed by atoms with Gasteiger partial charge in [0, 0.05) is 41.7 Å². The molecule has 4 aromatic rings. The van der Waals surface area contributed by atoms with Gasteiger partial charge in [-0.2, -0.15) is 9.97 Å². The Kier molecular flexibility index (Phi) is 7.58. The number of rotatable bonds is 6. The second-order valence-corrected chi connectivity index (χ2v) is 16.0. The highest BCUT2D eigenvalue weighted by Gasteiger charge is 2.50. The van der Waals surface area contributed by atoms with E-state index in [1.807, 2.05) is 12.1 Å². The maximum absolute atomic E-state index is 17.2. The summed E-state index contributed by atoms with van der Waals surface area (Å²) in [5.41, 5.74) is 1.29. The van der Waals surface area contributed by atoms with E-state index in [9.17, 15) is 0 Å². The molecule has 8 nitrogen and oxygen atoms in total. The smallest absolute Gasteiger partial charge is 0.319 e. The van der Waals surface area contributed by atoms with Crippen molar-refractivity contribution in [2.24, 2.45) is 0 Å². The fourth-order valence-electron chi connectivity index (χ4n) is 9.64. The molecular weight excluding hydrogens is 634 g/mol. The van der Waals surface area contributed by atoms with Crippen molar-refractivity contribution in [1.29, 1.82) is 0 Å². The normalized spacial score (nSPS) is 27.4. The molecule has 0 radical (unpaired) electrons. The van der Waals surface area contributed by atoms with Gasteiger partial charge in [-0.25, -0.2) is 13.8 Å². The summed E-state index contributed by atoms with van der Waals surface area (Å²) in [5.74, 6) is 2.11. The topological polar surface area (TPSA) is 75.6 Å². The van der Waals surface area contributed by atoms with Gasteiger partial charge in [-0.05, 0) is 90.1 Å². The van der Waals surface area contributed by atoms with Gasteiger partial charge in [0.1, 0.15) is 29.5 Å². The molecule has 7 heterocycles. The maximum atomic E-state index is 17.2.